The number of aromatic hydroxyl groups is 2. The highest BCUT2D eigenvalue weighted by molar-refractivity contribution is 5.93. The van der Waals surface area contributed by atoms with E-state index in [1.54, 1.807) is 62.9 Å². The second kappa shape index (κ2) is 13.5. The first-order chi connectivity index (χ1) is 19.9. The third kappa shape index (κ3) is 7.95. The van der Waals surface area contributed by atoms with Crippen LogP contribution in [0.3, 0.4) is 0 Å². The number of aryl methyl sites for hydroxylation is 1. The zero-order valence-electron chi connectivity index (χ0n) is 25.2. The van der Waals surface area contributed by atoms with Crippen molar-refractivity contribution >= 4 is 17.9 Å². The molecule has 2 saturated carbocycles. The van der Waals surface area contributed by atoms with Crippen LogP contribution >= 0.6 is 0 Å². The Morgan fingerprint density at radius 2 is 1.62 bits per heavy atom. The standard InChI is InChI=1S/C33H45N3O6/c1-21-10-8-15-26(29(21)38)28(30(39)34-23-11-6-5-7-12-23)36(24-13-9-14-24)31(40)27(35-32(41)42-33(2,3)4)20-22-16-18-25(37)19-17-22/h8,10,15-19,23-24,27-28,37-38H,5-7,9,11-14,20H2,1-4H3,(H,34,39)(H,35,41). The van der Waals surface area contributed by atoms with Gasteiger partial charge in [0.25, 0.3) is 0 Å². The molecule has 0 aliphatic heterocycles. The smallest absolute Gasteiger partial charge is 0.408 e. The average Bonchev–Trinajstić information content (AvgIpc) is 2.89. The van der Waals surface area contributed by atoms with Crippen LogP contribution in [0.5, 0.6) is 11.5 Å². The first kappa shape index (κ1) is 31.2. The van der Waals surface area contributed by atoms with E-state index in [0.717, 1.165) is 44.1 Å². The Morgan fingerprint density at radius 1 is 0.952 bits per heavy atom. The molecular weight excluding hydrogens is 534 g/mol. The summed E-state index contributed by atoms with van der Waals surface area (Å²) in [5.74, 6) is -0.687. The molecule has 2 aromatic rings. The summed E-state index contributed by atoms with van der Waals surface area (Å²) in [6.45, 7) is 7.00. The zero-order chi connectivity index (χ0) is 30.4. The van der Waals surface area contributed by atoms with Crippen LogP contribution in [0.25, 0.3) is 0 Å². The fourth-order valence-corrected chi connectivity index (χ4v) is 5.73. The number of alkyl carbamates (subject to hydrolysis) is 1. The highest BCUT2D eigenvalue weighted by atomic mass is 16.6. The van der Waals surface area contributed by atoms with Gasteiger partial charge in [0.15, 0.2) is 0 Å². The quantitative estimate of drug-likeness (QED) is 0.314. The summed E-state index contributed by atoms with van der Waals surface area (Å²) >= 11 is 0. The Bertz CT molecular complexity index is 1250. The molecule has 0 bridgehead atoms. The topological polar surface area (TPSA) is 128 Å². The van der Waals surface area contributed by atoms with Crippen LogP contribution in [0, 0.1) is 6.92 Å². The fraction of sp³-hybridized carbons (Fsp3) is 0.545. The monoisotopic (exact) mass is 579 g/mol. The van der Waals surface area contributed by atoms with Crippen molar-refractivity contribution in [2.45, 2.75) is 115 Å². The Labute approximate surface area is 248 Å². The molecule has 2 aliphatic rings. The zero-order valence-corrected chi connectivity index (χ0v) is 25.2. The van der Waals surface area contributed by atoms with E-state index in [1.165, 1.54) is 12.1 Å². The number of carbonyl (C=O) groups excluding carboxylic acids is 3. The van der Waals surface area contributed by atoms with Crippen molar-refractivity contribution in [2.75, 3.05) is 0 Å². The Balaban J connectivity index is 1.74. The molecule has 4 N–H and O–H groups in total. The summed E-state index contributed by atoms with van der Waals surface area (Å²) in [6, 6.07) is 9.33. The minimum atomic E-state index is -1.08. The molecule has 2 fully saturated rings. The molecule has 0 aromatic heterocycles. The van der Waals surface area contributed by atoms with Gasteiger partial charge < -0.3 is 30.5 Å². The van der Waals surface area contributed by atoms with Gasteiger partial charge in [-0.15, -0.1) is 0 Å². The molecule has 9 heteroatoms. The molecule has 0 spiro atoms. The fourth-order valence-electron chi connectivity index (χ4n) is 5.73. The van der Waals surface area contributed by atoms with Gasteiger partial charge in [0.1, 0.15) is 29.2 Å². The van der Waals surface area contributed by atoms with E-state index in [0.29, 0.717) is 24.0 Å². The number of nitrogens with zero attached hydrogens (tertiary/aromatic N) is 1. The van der Waals surface area contributed by atoms with Gasteiger partial charge in [-0.3, -0.25) is 9.59 Å². The number of hydrogen-bond donors (Lipinski definition) is 4. The molecule has 3 amide bonds. The Morgan fingerprint density at radius 3 is 2.21 bits per heavy atom. The number of hydrogen-bond acceptors (Lipinski definition) is 6. The maximum atomic E-state index is 14.6. The molecule has 9 nitrogen and oxygen atoms in total. The summed E-state index contributed by atoms with van der Waals surface area (Å²) < 4.78 is 5.50. The molecule has 42 heavy (non-hydrogen) atoms. The molecule has 228 valence electrons. The third-order valence-electron chi connectivity index (χ3n) is 8.13. The lowest BCUT2D eigenvalue weighted by Crippen LogP contribution is -2.58. The molecule has 2 unspecified atom stereocenters. The lowest BCUT2D eigenvalue weighted by molar-refractivity contribution is -0.147. The minimum absolute atomic E-state index is 0.00623. The lowest BCUT2D eigenvalue weighted by atomic mass is 9.87. The van der Waals surface area contributed by atoms with Crippen LogP contribution in [0.1, 0.15) is 94.9 Å². The molecule has 0 saturated heterocycles. The van der Waals surface area contributed by atoms with Gasteiger partial charge >= 0.3 is 6.09 Å². The molecule has 2 aromatic carbocycles. The second-order valence-corrected chi connectivity index (χ2v) is 12.7. The summed E-state index contributed by atoms with van der Waals surface area (Å²) in [7, 11) is 0. The van der Waals surface area contributed by atoms with E-state index in [9.17, 15) is 24.6 Å². The van der Waals surface area contributed by atoms with Crippen molar-refractivity contribution in [3.8, 4) is 11.5 Å². The van der Waals surface area contributed by atoms with Crippen LogP contribution in [-0.4, -0.2) is 56.7 Å². The van der Waals surface area contributed by atoms with Crippen molar-refractivity contribution in [3.05, 3.63) is 59.2 Å². The maximum absolute atomic E-state index is 14.6. The van der Waals surface area contributed by atoms with Gasteiger partial charge in [-0.05, 0) is 83.1 Å². The number of nitrogens with one attached hydrogen (secondary N) is 2. The van der Waals surface area contributed by atoms with Gasteiger partial charge in [-0.25, -0.2) is 4.79 Å². The van der Waals surface area contributed by atoms with Crippen molar-refractivity contribution < 1.29 is 29.3 Å². The van der Waals surface area contributed by atoms with Crippen LogP contribution < -0.4 is 10.6 Å². The molecule has 0 heterocycles. The number of rotatable bonds is 9. The maximum Gasteiger partial charge on any atom is 0.408 e. The second-order valence-electron chi connectivity index (χ2n) is 12.7. The van der Waals surface area contributed by atoms with Gasteiger partial charge in [0, 0.05) is 24.1 Å². The van der Waals surface area contributed by atoms with Gasteiger partial charge in [0.2, 0.25) is 11.8 Å². The average molecular weight is 580 g/mol. The Hall–Kier alpha value is -3.75. The first-order valence-electron chi connectivity index (χ1n) is 15.1. The van der Waals surface area contributed by atoms with Gasteiger partial charge in [-0.1, -0.05) is 49.6 Å². The van der Waals surface area contributed by atoms with Crippen molar-refractivity contribution in [3.63, 3.8) is 0 Å². The molecule has 2 aliphatic carbocycles. The summed E-state index contributed by atoms with van der Waals surface area (Å²) in [5, 5.41) is 26.9. The van der Waals surface area contributed by atoms with Crippen LogP contribution in [-0.2, 0) is 20.7 Å². The van der Waals surface area contributed by atoms with Crippen molar-refractivity contribution in [2.24, 2.45) is 0 Å². The first-order valence-corrected chi connectivity index (χ1v) is 15.1. The van der Waals surface area contributed by atoms with E-state index in [2.05, 4.69) is 10.6 Å². The van der Waals surface area contributed by atoms with Crippen molar-refractivity contribution in [1.29, 1.82) is 0 Å². The summed E-state index contributed by atoms with van der Waals surface area (Å²) in [5.41, 5.74) is 0.915. The number of ether oxygens (including phenoxy) is 1. The Kier molecular flexibility index (Phi) is 10.0. The van der Waals surface area contributed by atoms with Crippen LogP contribution in [0.4, 0.5) is 4.79 Å². The third-order valence-corrected chi connectivity index (χ3v) is 8.13. The highest BCUT2D eigenvalue weighted by Gasteiger charge is 2.43. The number of phenolic OH excluding ortho intramolecular Hbond substituents is 2. The van der Waals surface area contributed by atoms with Gasteiger partial charge in [-0.2, -0.15) is 0 Å². The number of benzene rings is 2. The summed E-state index contributed by atoms with van der Waals surface area (Å²) in [6.07, 6.45) is 6.67. The SMILES string of the molecule is Cc1cccc(C(C(=O)NC2CCCCC2)N(C(=O)C(Cc2ccc(O)cc2)NC(=O)OC(C)(C)C)C2CCC2)c1O. The van der Waals surface area contributed by atoms with Crippen LogP contribution in [0.15, 0.2) is 42.5 Å². The van der Waals surface area contributed by atoms with E-state index in [1.807, 2.05) is 0 Å². The normalized spacial score (nSPS) is 17.4. The van der Waals surface area contributed by atoms with E-state index >= 15 is 0 Å². The predicted octanol–water partition coefficient (Wildman–Crippen LogP) is 5.41. The van der Waals surface area contributed by atoms with E-state index < -0.39 is 29.7 Å². The highest BCUT2D eigenvalue weighted by Crippen LogP contribution is 2.38. The number of amides is 3. The number of phenols is 2. The summed E-state index contributed by atoms with van der Waals surface area (Å²) in [4.78, 5) is 43.3. The largest absolute Gasteiger partial charge is 0.508 e. The number of carbonyl (C=O) groups is 3. The lowest BCUT2D eigenvalue weighted by Gasteiger charge is -2.44. The van der Waals surface area contributed by atoms with Crippen molar-refractivity contribution in [1.82, 2.24) is 15.5 Å². The van der Waals surface area contributed by atoms with E-state index in [4.69, 9.17) is 4.74 Å². The number of para-hydroxylation sites is 1. The molecular formula is C33H45N3O6. The van der Waals surface area contributed by atoms with E-state index in [-0.39, 0.29) is 35.9 Å². The van der Waals surface area contributed by atoms with Gasteiger partial charge in [0.05, 0.1) is 0 Å². The molecule has 0 radical (unpaired) electrons. The van der Waals surface area contributed by atoms with Crippen LogP contribution in [0.2, 0.25) is 0 Å². The minimum Gasteiger partial charge on any atom is -0.508 e. The molecule has 4 rings (SSSR count). The predicted molar refractivity (Wildman–Crippen MR) is 160 cm³/mol. The molecule has 2 atom stereocenters.